The molecule has 0 amide bonds. The Labute approximate surface area is 79.7 Å². The summed E-state index contributed by atoms with van der Waals surface area (Å²) in [5.74, 6) is 0.814. The zero-order valence-electron chi connectivity index (χ0n) is 6.97. The average Bonchev–Trinajstić information content (AvgIpc) is 2.42. The number of fused-ring (bicyclic) bond motifs is 1. The minimum absolute atomic E-state index is 0.450. The Balaban J connectivity index is 2.79. The molecule has 0 saturated carbocycles. The van der Waals surface area contributed by atoms with Crippen molar-refractivity contribution >= 4 is 28.9 Å². The van der Waals surface area contributed by atoms with Gasteiger partial charge in [0.25, 0.3) is 0 Å². The van der Waals surface area contributed by atoms with Crippen LogP contribution in [-0.4, -0.2) is 16.3 Å². The zero-order chi connectivity index (χ0) is 9.42. The number of carbonyl (C=O) groups excluding carboxylic acids is 1. The molecule has 66 valence electrons. The minimum atomic E-state index is 0.450. The summed E-state index contributed by atoms with van der Waals surface area (Å²) in [6.45, 7) is 1.86. The summed E-state index contributed by atoms with van der Waals surface area (Å²) in [5.41, 5.74) is 2.10. The lowest BCUT2D eigenvalue weighted by molar-refractivity contribution is 0.112. The molecule has 1 aromatic carbocycles. The predicted molar refractivity (Wildman–Crippen MR) is 51.2 cm³/mol. The van der Waals surface area contributed by atoms with Crippen LogP contribution in [0, 0.1) is 6.92 Å². The van der Waals surface area contributed by atoms with E-state index in [9.17, 15) is 4.79 Å². The van der Waals surface area contributed by atoms with Crippen LogP contribution >= 0.6 is 11.6 Å². The minimum Gasteiger partial charge on any atom is -0.342 e. The van der Waals surface area contributed by atoms with Gasteiger partial charge >= 0.3 is 0 Å². The van der Waals surface area contributed by atoms with Crippen LogP contribution in [0.1, 0.15) is 16.2 Å². The SMILES string of the molecule is Cc1nc2cc(C=O)c(Cl)cc2[nH]1. The molecule has 0 aliphatic rings. The molecule has 1 heterocycles. The number of rotatable bonds is 1. The van der Waals surface area contributed by atoms with Gasteiger partial charge in [-0.2, -0.15) is 0 Å². The van der Waals surface area contributed by atoms with Crippen molar-refractivity contribution in [1.82, 2.24) is 9.97 Å². The number of aromatic amines is 1. The maximum atomic E-state index is 10.6. The van der Waals surface area contributed by atoms with E-state index in [-0.39, 0.29) is 0 Å². The van der Waals surface area contributed by atoms with E-state index < -0.39 is 0 Å². The number of aldehydes is 1. The van der Waals surface area contributed by atoms with Gasteiger partial charge in [-0.15, -0.1) is 0 Å². The lowest BCUT2D eigenvalue weighted by Crippen LogP contribution is -1.81. The molecule has 0 fully saturated rings. The third kappa shape index (κ3) is 1.31. The molecule has 1 aromatic heterocycles. The van der Waals surface area contributed by atoms with Crippen molar-refractivity contribution in [2.24, 2.45) is 0 Å². The Kier molecular flexibility index (Phi) is 1.81. The van der Waals surface area contributed by atoms with Gasteiger partial charge in [-0.25, -0.2) is 4.98 Å². The third-order valence-corrected chi connectivity index (χ3v) is 2.17. The summed E-state index contributed by atoms with van der Waals surface area (Å²) in [6, 6.07) is 3.38. The Morgan fingerprint density at radius 1 is 1.54 bits per heavy atom. The molecule has 0 radical (unpaired) electrons. The number of nitrogens with zero attached hydrogens (tertiary/aromatic N) is 1. The van der Waals surface area contributed by atoms with E-state index in [0.717, 1.165) is 23.1 Å². The number of carbonyl (C=O) groups is 1. The standard InChI is InChI=1S/C9H7ClN2O/c1-5-11-8-2-6(4-13)7(10)3-9(8)12-5/h2-4H,1H3,(H,11,12). The second-order valence-electron chi connectivity index (χ2n) is 2.83. The molecular formula is C9H7ClN2O. The van der Waals surface area contributed by atoms with Crippen LogP contribution < -0.4 is 0 Å². The molecule has 0 unspecified atom stereocenters. The van der Waals surface area contributed by atoms with Crippen molar-refractivity contribution in [3.8, 4) is 0 Å². The highest BCUT2D eigenvalue weighted by Gasteiger charge is 2.04. The topological polar surface area (TPSA) is 45.8 Å². The maximum absolute atomic E-state index is 10.6. The van der Waals surface area contributed by atoms with Crippen molar-refractivity contribution in [3.63, 3.8) is 0 Å². The smallest absolute Gasteiger partial charge is 0.151 e. The van der Waals surface area contributed by atoms with E-state index in [2.05, 4.69) is 9.97 Å². The number of nitrogens with one attached hydrogen (secondary N) is 1. The molecule has 0 aliphatic carbocycles. The van der Waals surface area contributed by atoms with E-state index in [1.54, 1.807) is 12.1 Å². The number of hydrogen-bond acceptors (Lipinski definition) is 2. The van der Waals surface area contributed by atoms with Crippen molar-refractivity contribution < 1.29 is 4.79 Å². The van der Waals surface area contributed by atoms with Gasteiger partial charge in [0.05, 0.1) is 16.1 Å². The van der Waals surface area contributed by atoms with Crippen LogP contribution in [0.15, 0.2) is 12.1 Å². The Morgan fingerprint density at radius 3 is 3.00 bits per heavy atom. The maximum Gasteiger partial charge on any atom is 0.151 e. The van der Waals surface area contributed by atoms with Gasteiger partial charge in [0.2, 0.25) is 0 Å². The summed E-state index contributed by atoms with van der Waals surface area (Å²) in [4.78, 5) is 17.8. The molecule has 2 aromatic rings. The molecule has 0 spiro atoms. The van der Waals surface area contributed by atoms with E-state index in [1.807, 2.05) is 6.92 Å². The van der Waals surface area contributed by atoms with Crippen LogP contribution in [0.3, 0.4) is 0 Å². The molecule has 0 bridgehead atoms. The van der Waals surface area contributed by atoms with Crippen LogP contribution in [-0.2, 0) is 0 Å². The fourth-order valence-electron chi connectivity index (χ4n) is 1.26. The Morgan fingerprint density at radius 2 is 2.31 bits per heavy atom. The number of H-pyrrole nitrogens is 1. The lowest BCUT2D eigenvalue weighted by Gasteiger charge is -1.94. The first-order valence-corrected chi connectivity index (χ1v) is 4.19. The number of hydrogen-bond donors (Lipinski definition) is 1. The van der Waals surface area contributed by atoms with E-state index in [0.29, 0.717) is 10.6 Å². The zero-order valence-corrected chi connectivity index (χ0v) is 7.72. The van der Waals surface area contributed by atoms with Gasteiger partial charge in [-0.05, 0) is 19.1 Å². The van der Waals surface area contributed by atoms with Gasteiger partial charge in [0.1, 0.15) is 5.82 Å². The number of benzene rings is 1. The molecule has 0 atom stereocenters. The summed E-state index contributed by atoms with van der Waals surface area (Å²) in [7, 11) is 0. The first-order chi connectivity index (χ1) is 6.20. The molecule has 13 heavy (non-hydrogen) atoms. The summed E-state index contributed by atoms with van der Waals surface area (Å²) in [6.07, 6.45) is 0.728. The summed E-state index contributed by atoms with van der Waals surface area (Å²) < 4.78 is 0. The predicted octanol–water partition coefficient (Wildman–Crippen LogP) is 2.34. The lowest BCUT2D eigenvalue weighted by atomic mass is 10.2. The number of aromatic nitrogens is 2. The van der Waals surface area contributed by atoms with Gasteiger partial charge in [-0.3, -0.25) is 4.79 Å². The number of aryl methyl sites for hydroxylation is 1. The average molecular weight is 195 g/mol. The molecule has 0 aliphatic heterocycles. The second-order valence-corrected chi connectivity index (χ2v) is 3.24. The highest BCUT2D eigenvalue weighted by molar-refractivity contribution is 6.33. The molecule has 1 N–H and O–H groups in total. The molecule has 0 saturated heterocycles. The van der Waals surface area contributed by atoms with Gasteiger partial charge in [-0.1, -0.05) is 11.6 Å². The van der Waals surface area contributed by atoms with Crippen molar-refractivity contribution in [1.29, 1.82) is 0 Å². The monoisotopic (exact) mass is 194 g/mol. The highest BCUT2D eigenvalue weighted by Crippen LogP contribution is 2.21. The summed E-state index contributed by atoms with van der Waals surface area (Å²) in [5, 5.41) is 0.450. The largest absolute Gasteiger partial charge is 0.342 e. The van der Waals surface area contributed by atoms with E-state index in [4.69, 9.17) is 11.6 Å². The highest BCUT2D eigenvalue weighted by atomic mass is 35.5. The number of halogens is 1. The number of imidazole rings is 1. The molecule has 3 nitrogen and oxygen atoms in total. The molecular weight excluding hydrogens is 188 g/mol. The van der Waals surface area contributed by atoms with Crippen LogP contribution in [0.2, 0.25) is 5.02 Å². The fraction of sp³-hybridized carbons (Fsp3) is 0.111. The summed E-state index contributed by atoms with van der Waals surface area (Å²) >= 11 is 5.83. The second kappa shape index (κ2) is 2.85. The first-order valence-electron chi connectivity index (χ1n) is 3.82. The van der Waals surface area contributed by atoms with Crippen LogP contribution in [0.25, 0.3) is 11.0 Å². The van der Waals surface area contributed by atoms with E-state index in [1.165, 1.54) is 0 Å². The third-order valence-electron chi connectivity index (χ3n) is 1.85. The van der Waals surface area contributed by atoms with Gasteiger partial charge in [0.15, 0.2) is 6.29 Å². The van der Waals surface area contributed by atoms with Crippen molar-refractivity contribution in [3.05, 3.63) is 28.5 Å². The molecule has 4 heteroatoms. The molecule has 2 rings (SSSR count). The van der Waals surface area contributed by atoms with E-state index >= 15 is 0 Å². The fourth-order valence-corrected chi connectivity index (χ4v) is 1.47. The quantitative estimate of drug-likeness (QED) is 0.709. The Hall–Kier alpha value is -1.35. The Bertz CT molecular complexity index is 476. The van der Waals surface area contributed by atoms with Gasteiger partial charge in [0, 0.05) is 5.56 Å². The van der Waals surface area contributed by atoms with Gasteiger partial charge < -0.3 is 4.98 Å². The normalized spacial score (nSPS) is 10.6. The van der Waals surface area contributed by atoms with Crippen LogP contribution in [0.4, 0.5) is 0 Å². The first kappa shape index (κ1) is 8.26. The van der Waals surface area contributed by atoms with Crippen molar-refractivity contribution in [2.75, 3.05) is 0 Å². The van der Waals surface area contributed by atoms with Crippen LogP contribution in [0.5, 0.6) is 0 Å². The van der Waals surface area contributed by atoms with Crippen molar-refractivity contribution in [2.45, 2.75) is 6.92 Å².